The number of morpholine rings is 1. The molecule has 0 bridgehead atoms. The highest BCUT2D eigenvalue weighted by Crippen LogP contribution is 2.26. The monoisotopic (exact) mass is 292 g/mol. The lowest BCUT2D eigenvalue weighted by Gasteiger charge is -2.39. The molecule has 0 spiro atoms. The molecule has 19 heavy (non-hydrogen) atoms. The molecule has 2 rings (SSSR count). The molecule has 2 heterocycles. The maximum atomic E-state index is 12.5. The van der Waals surface area contributed by atoms with Gasteiger partial charge in [-0.05, 0) is 26.7 Å². The van der Waals surface area contributed by atoms with Crippen molar-refractivity contribution in [3.05, 3.63) is 0 Å². The first-order valence-corrected chi connectivity index (χ1v) is 7.77. The van der Waals surface area contributed by atoms with Crippen LogP contribution in [-0.4, -0.2) is 66.0 Å². The molecular formula is C11H20N2O5S. The summed E-state index contributed by atoms with van der Waals surface area (Å²) in [6, 6.07) is -0.934. The van der Waals surface area contributed by atoms with Crippen molar-refractivity contribution in [3.8, 4) is 0 Å². The van der Waals surface area contributed by atoms with E-state index in [9.17, 15) is 13.2 Å². The lowest BCUT2D eigenvalue weighted by Crippen LogP contribution is -2.56. The Hall–Kier alpha value is -0.700. The number of hydrogen-bond donors (Lipinski definition) is 1. The van der Waals surface area contributed by atoms with Crippen LogP contribution in [0.1, 0.15) is 26.7 Å². The lowest BCUT2D eigenvalue weighted by molar-refractivity contribution is -0.140. The highest BCUT2D eigenvalue weighted by Gasteiger charge is 2.44. The standard InChI is InChI=1S/C11H20N2O5S/c1-11(2)8-12(6-7-18-11)19(16,17)13-5-3-4-9(13)10(14)15/h9H,3-8H2,1-2H3,(H,14,15)/t9-/m0/s1. The maximum absolute atomic E-state index is 12.5. The molecule has 2 aliphatic heterocycles. The Kier molecular flexibility index (Phi) is 3.87. The van der Waals surface area contributed by atoms with Crippen LogP contribution >= 0.6 is 0 Å². The molecule has 2 saturated heterocycles. The quantitative estimate of drug-likeness (QED) is 0.784. The Bertz CT molecular complexity index is 462. The van der Waals surface area contributed by atoms with Crippen molar-refractivity contribution in [2.24, 2.45) is 0 Å². The number of hydrogen-bond acceptors (Lipinski definition) is 4. The van der Waals surface area contributed by atoms with E-state index in [2.05, 4.69) is 0 Å². The Balaban J connectivity index is 2.20. The van der Waals surface area contributed by atoms with Gasteiger partial charge >= 0.3 is 5.97 Å². The third kappa shape index (κ3) is 2.91. The van der Waals surface area contributed by atoms with Crippen LogP contribution in [0, 0.1) is 0 Å². The zero-order chi connectivity index (χ0) is 14.3. The summed E-state index contributed by atoms with van der Waals surface area (Å²) in [7, 11) is -3.72. The molecular weight excluding hydrogens is 272 g/mol. The van der Waals surface area contributed by atoms with Crippen molar-refractivity contribution in [1.82, 2.24) is 8.61 Å². The van der Waals surface area contributed by atoms with E-state index in [4.69, 9.17) is 9.84 Å². The van der Waals surface area contributed by atoms with Gasteiger partial charge in [-0.1, -0.05) is 0 Å². The molecule has 8 heteroatoms. The van der Waals surface area contributed by atoms with E-state index >= 15 is 0 Å². The van der Waals surface area contributed by atoms with Gasteiger partial charge in [-0.3, -0.25) is 4.79 Å². The number of carboxylic acids is 1. The first kappa shape index (κ1) is 14.7. The summed E-state index contributed by atoms with van der Waals surface area (Å²) in [5.41, 5.74) is -0.538. The molecule has 110 valence electrons. The molecule has 0 amide bonds. The minimum Gasteiger partial charge on any atom is -0.480 e. The maximum Gasteiger partial charge on any atom is 0.322 e. The van der Waals surface area contributed by atoms with E-state index in [1.54, 1.807) is 0 Å². The van der Waals surface area contributed by atoms with Gasteiger partial charge < -0.3 is 9.84 Å². The molecule has 2 aliphatic rings. The van der Waals surface area contributed by atoms with Gasteiger partial charge in [0.2, 0.25) is 0 Å². The molecule has 0 aromatic carbocycles. The fourth-order valence-corrected chi connectivity index (χ4v) is 4.53. The third-order valence-electron chi connectivity index (χ3n) is 3.50. The summed E-state index contributed by atoms with van der Waals surface area (Å²) in [6.45, 7) is 4.78. The highest BCUT2D eigenvalue weighted by molar-refractivity contribution is 7.86. The summed E-state index contributed by atoms with van der Waals surface area (Å²) in [5, 5.41) is 9.10. The van der Waals surface area contributed by atoms with Gasteiger partial charge in [0.15, 0.2) is 0 Å². The zero-order valence-corrected chi connectivity index (χ0v) is 12.0. The molecule has 2 fully saturated rings. The molecule has 0 aliphatic carbocycles. The van der Waals surface area contributed by atoms with Crippen LogP contribution < -0.4 is 0 Å². The van der Waals surface area contributed by atoms with Crippen molar-refractivity contribution in [2.45, 2.75) is 38.3 Å². The SMILES string of the molecule is CC1(C)CN(S(=O)(=O)N2CCC[C@H]2C(=O)O)CCO1. The van der Waals surface area contributed by atoms with E-state index < -0.39 is 27.8 Å². The molecule has 0 radical (unpaired) electrons. The van der Waals surface area contributed by atoms with Crippen LogP contribution in [0.2, 0.25) is 0 Å². The first-order valence-electron chi connectivity index (χ1n) is 6.38. The third-order valence-corrected chi connectivity index (χ3v) is 5.50. The summed E-state index contributed by atoms with van der Waals surface area (Å²) in [4.78, 5) is 11.1. The highest BCUT2D eigenvalue weighted by atomic mass is 32.2. The lowest BCUT2D eigenvalue weighted by atomic mass is 10.1. The van der Waals surface area contributed by atoms with Gasteiger partial charge in [-0.15, -0.1) is 0 Å². The Labute approximate surface area is 113 Å². The molecule has 0 unspecified atom stereocenters. The van der Waals surface area contributed by atoms with Gasteiger partial charge in [0.05, 0.1) is 12.2 Å². The average molecular weight is 292 g/mol. The summed E-state index contributed by atoms with van der Waals surface area (Å²) >= 11 is 0. The first-order chi connectivity index (χ1) is 8.74. The topological polar surface area (TPSA) is 87.2 Å². The molecule has 0 saturated carbocycles. The van der Waals surface area contributed by atoms with E-state index in [0.717, 1.165) is 4.31 Å². The fourth-order valence-electron chi connectivity index (χ4n) is 2.58. The van der Waals surface area contributed by atoms with E-state index in [1.165, 1.54) is 4.31 Å². The van der Waals surface area contributed by atoms with Crippen molar-refractivity contribution in [1.29, 1.82) is 0 Å². The van der Waals surface area contributed by atoms with Crippen LogP contribution in [0.4, 0.5) is 0 Å². The van der Waals surface area contributed by atoms with Crippen molar-refractivity contribution >= 4 is 16.2 Å². The van der Waals surface area contributed by atoms with Crippen molar-refractivity contribution < 1.29 is 23.1 Å². The van der Waals surface area contributed by atoms with E-state index in [-0.39, 0.29) is 19.6 Å². The van der Waals surface area contributed by atoms with Crippen LogP contribution in [-0.2, 0) is 19.7 Å². The number of aliphatic carboxylic acids is 1. The smallest absolute Gasteiger partial charge is 0.322 e. The second-order valence-electron chi connectivity index (χ2n) is 5.56. The predicted molar refractivity (Wildman–Crippen MR) is 67.9 cm³/mol. The number of rotatable bonds is 3. The number of carbonyl (C=O) groups is 1. The number of carboxylic acid groups (broad SMARTS) is 1. The normalized spacial score (nSPS) is 29.5. The minimum atomic E-state index is -3.72. The fraction of sp³-hybridized carbons (Fsp3) is 0.909. The molecule has 7 nitrogen and oxygen atoms in total. The van der Waals surface area contributed by atoms with E-state index in [0.29, 0.717) is 19.4 Å². The Morgan fingerprint density at radius 3 is 2.63 bits per heavy atom. The van der Waals surface area contributed by atoms with Gasteiger partial charge in [0, 0.05) is 19.6 Å². The van der Waals surface area contributed by atoms with Crippen molar-refractivity contribution in [3.63, 3.8) is 0 Å². The molecule has 1 N–H and O–H groups in total. The predicted octanol–water partition coefficient (Wildman–Crippen LogP) is -0.109. The second kappa shape index (κ2) is 5.01. The minimum absolute atomic E-state index is 0.248. The summed E-state index contributed by atoms with van der Waals surface area (Å²) < 4.78 is 33.0. The van der Waals surface area contributed by atoms with Crippen LogP contribution in [0.5, 0.6) is 0 Å². The van der Waals surface area contributed by atoms with Gasteiger partial charge in [-0.25, -0.2) is 0 Å². The molecule has 0 aromatic rings. The second-order valence-corrected chi connectivity index (χ2v) is 7.44. The number of nitrogens with zero attached hydrogens (tertiary/aromatic N) is 2. The van der Waals surface area contributed by atoms with Gasteiger partial charge in [-0.2, -0.15) is 17.0 Å². The summed E-state index contributed by atoms with van der Waals surface area (Å²) in [6.07, 6.45) is 0.965. The van der Waals surface area contributed by atoms with Gasteiger partial charge in [0.25, 0.3) is 10.2 Å². The molecule has 1 atom stereocenters. The van der Waals surface area contributed by atoms with Crippen LogP contribution in [0.3, 0.4) is 0 Å². The number of ether oxygens (including phenoxy) is 1. The van der Waals surface area contributed by atoms with E-state index in [1.807, 2.05) is 13.8 Å². The zero-order valence-electron chi connectivity index (χ0n) is 11.2. The molecule has 0 aromatic heterocycles. The van der Waals surface area contributed by atoms with Crippen LogP contribution in [0.15, 0.2) is 0 Å². The van der Waals surface area contributed by atoms with Crippen molar-refractivity contribution in [2.75, 3.05) is 26.2 Å². The van der Waals surface area contributed by atoms with Crippen LogP contribution in [0.25, 0.3) is 0 Å². The Morgan fingerprint density at radius 2 is 2.05 bits per heavy atom. The average Bonchev–Trinajstić information content (AvgIpc) is 2.77. The summed E-state index contributed by atoms with van der Waals surface area (Å²) in [5.74, 6) is -1.08. The van der Waals surface area contributed by atoms with Gasteiger partial charge in [0.1, 0.15) is 6.04 Å². The Morgan fingerprint density at radius 1 is 1.37 bits per heavy atom. The largest absolute Gasteiger partial charge is 0.480 e.